The number of rotatable bonds is 5. The summed E-state index contributed by atoms with van der Waals surface area (Å²) in [6.07, 6.45) is 2.13. The number of alkyl halides is 3. The van der Waals surface area contributed by atoms with Gasteiger partial charge in [0, 0.05) is 27.2 Å². The number of pyridine rings is 1. The maximum atomic E-state index is 12.5. The van der Waals surface area contributed by atoms with Gasteiger partial charge >= 0.3 is 21.6 Å². The zero-order chi connectivity index (χ0) is 18.0. The third kappa shape index (κ3) is 3.84. The second-order valence-electron chi connectivity index (χ2n) is 4.69. The topological polar surface area (TPSA) is 82.6 Å². The average molecular weight is 379 g/mol. The largest absolute Gasteiger partial charge is 0.534 e. The highest BCUT2D eigenvalue weighted by molar-refractivity contribution is 7.88. The number of carbonyl (C=O) groups excluding carboxylic acids is 1. The number of hydrogen-bond acceptors (Lipinski definition) is 6. The third-order valence-electron chi connectivity index (χ3n) is 2.88. The molecule has 1 aromatic carbocycles. The van der Waals surface area contributed by atoms with Gasteiger partial charge in [0.15, 0.2) is 5.75 Å². The molecule has 130 valence electrons. The maximum Gasteiger partial charge on any atom is 0.534 e. The number of esters is 1. The molecule has 6 nitrogen and oxygen atoms in total. The van der Waals surface area contributed by atoms with Crippen LogP contribution < -0.4 is 4.18 Å². The summed E-state index contributed by atoms with van der Waals surface area (Å²) in [6.45, 7) is 0.241. The number of carbonyl (C=O) groups is 1. The second kappa shape index (κ2) is 6.77. The molecule has 0 radical (unpaired) electrons. The molecule has 0 atom stereocenters. The highest BCUT2D eigenvalue weighted by atomic mass is 32.2. The molecule has 0 saturated carbocycles. The predicted octanol–water partition coefficient (Wildman–Crippen LogP) is 1.40. The summed E-state index contributed by atoms with van der Waals surface area (Å²) in [7, 11) is -4.99. The summed E-state index contributed by atoms with van der Waals surface area (Å²) in [5.74, 6) is -1.28. The van der Waals surface area contributed by atoms with Gasteiger partial charge in [0.05, 0.1) is 18.4 Å². The first kappa shape index (κ1) is 18.2. The molecule has 24 heavy (non-hydrogen) atoms. The van der Waals surface area contributed by atoms with Crippen molar-refractivity contribution in [2.45, 2.75) is 11.6 Å². The van der Waals surface area contributed by atoms with Crippen molar-refractivity contribution in [1.82, 2.24) is 4.98 Å². The molecule has 0 aliphatic heterocycles. The van der Waals surface area contributed by atoms with Gasteiger partial charge in [-0.3, -0.25) is 4.98 Å². The van der Waals surface area contributed by atoms with Gasteiger partial charge in [-0.1, -0.05) is 6.07 Å². The highest BCUT2D eigenvalue weighted by Gasteiger charge is 2.48. The normalized spacial score (nSPS) is 12.3. The smallest absolute Gasteiger partial charge is 0.462 e. The lowest BCUT2D eigenvalue weighted by Crippen LogP contribution is -2.28. The van der Waals surface area contributed by atoms with Crippen molar-refractivity contribution in [2.75, 3.05) is 6.61 Å². The number of ether oxygens (including phenoxy) is 1. The van der Waals surface area contributed by atoms with Crippen LogP contribution in [0.1, 0.15) is 10.4 Å². The number of aromatic nitrogens is 1. The first-order valence-corrected chi connectivity index (χ1v) is 9.53. The van der Waals surface area contributed by atoms with E-state index in [9.17, 15) is 26.4 Å². The Morgan fingerprint density at radius 3 is 2.58 bits per heavy atom. The van der Waals surface area contributed by atoms with Gasteiger partial charge in [0.2, 0.25) is 0 Å². The van der Waals surface area contributed by atoms with Crippen molar-refractivity contribution in [1.29, 1.82) is 0 Å². The minimum absolute atomic E-state index is 0.00171. The molecule has 0 fully saturated rings. The fraction of sp³-hybridized carbons (Fsp3) is 0.231. The molecule has 0 aliphatic rings. The molecule has 0 spiro atoms. The van der Waals surface area contributed by atoms with Crippen molar-refractivity contribution in [3.05, 3.63) is 36.2 Å². The van der Waals surface area contributed by atoms with Crippen LogP contribution in [-0.2, 0) is 14.9 Å². The summed E-state index contributed by atoms with van der Waals surface area (Å²) < 4.78 is 68.8. The standard InChI is InChI=1S/C13H12F3NO5SSi/c14-13(15,16)23(19,20)22-11-7-17-6-9-2-1-8(5-10(9)11)12(18)21-3-4-24/h1-2,5-7H,3-4H2,24H3. The number of nitrogens with zero attached hydrogens (tertiary/aromatic N) is 1. The molecule has 2 rings (SSSR count). The number of benzene rings is 1. The van der Waals surface area contributed by atoms with E-state index in [0.29, 0.717) is 5.39 Å². The summed E-state index contributed by atoms with van der Waals surface area (Å²) >= 11 is 0. The summed E-state index contributed by atoms with van der Waals surface area (Å²) in [6, 6.07) is 4.75. The SMILES string of the molecule is O=C(OCC[SiH3])c1ccc2cncc(OS(=O)(=O)C(F)(F)F)c2c1. The van der Waals surface area contributed by atoms with Gasteiger partial charge in [0.25, 0.3) is 0 Å². The molecule has 1 heterocycles. The molecule has 0 saturated heterocycles. The van der Waals surface area contributed by atoms with Crippen LogP contribution in [0.25, 0.3) is 10.8 Å². The summed E-state index contributed by atoms with van der Waals surface area (Å²) in [5.41, 5.74) is -5.51. The fourth-order valence-electron chi connectivity index (χ4n) is 1.77. The van der Waals surface area contributed by atoms with E-state index in [1.165, 1.54) is 24.4 Å². The van der Waals surface area contributed by atoms with Crippen molar-refractivity contribution < 1.29 is 35.3 Å². The molecule has 0 aliphatic carbocycles. The first-order valence-electron chi connectivity index (χ1n) is 6.71. The van der Waals surface area contributed by atoms with Crippen LogP contribution in [0.3, 0.4) is 0 Å². The number of halogens is 3. The van der Waals surface area contributed by atoms with Gasteiger partial charge in [-0.05, 0) is 18.2 Å². The monoisotopic (exact) mass is 379 g/mol. The summed E-state index contributed by atoms with van der Waals surface area (Å²) in [4.78, 5) is 15.5. The van der Waals surface area contributed by atoms with E-state index < -0.39 is 27.3 Å². The minimum Gasteiger partial charge on any atom is -0.462 e. The molecule has 0 unspecified atom stereocenters. The van der Waals surface area contributed by atoms with Crippen LogP contribution in [-0.4, -0.2) is 41.7 Å². The van der Waals surface area contributed by atoms with E-state index >= 15 is 0 Å². The van der Waals surface area contributed by atoms with E-state index in [1.807, 2.05) is 0 Å². The zero-order valence-electron chi connectivity index (χ0n) is 12.3. The Bertz CT molecular complexity index is 870. The van der Waals surface area contributed by atoms with Gasteiger partial charge in [0.1, 0.15) is 0 Å². The number of fused-ring (bicyclic) bond motifs is 1. The molecular formula is C13H12F3NO5SSi. The molecule has 1 aromatic heterocycles. The van der Waals surface area contributed by atoms with Crippen LogP contribution >= 0.6 is 0 Å². The molecule has 2 aromatic rings. The lowest BCUT2D eigenvalue weighted by atomic mass is 10.1. The number of hydrogen-bond donors (Lipinski definition) is 0. The van der Waals surface area contributed by atoms with Crippen LogP contribution in [0, 0.1) is 0 Å². The van der Waals surface area contributed by atoms with Crippen LogP contribution in [0.4, 0.5) is 13.2 Å². The third-order valence-corrected chi connectivity index (χ3v) is 4.25. The van der Waals surface area contributed by atoms with Gasteiger partial charge in [-0.2, -0.15) is 21.6 Å². The van der Waals surface area contributed by atoms with E-state index in [0.717, 1.165) is 22.5 Å². The van der Waals surface area contributed by atoms with Crippen molar-refractivity contribution in [3.63, 3.8) is 0 Å². The van der Waals surface area contributed by atoms with E-state index in [-0.39, 0.29) is 17.6 Å². The van der Waals surface area contributed by atoms with Gasteiger partial charge < -0.3 is 8.92 Å². The molecule has 0 N–H and O–H groups in total. The predicted molar refractivity (Wildman–Crippen MR) is 82.4 cm³/mol. The summed E-state index contributed by atoms with van der Waals surface area (Å²) in [5, 5.41) is 0.308. The van der Waals surface area contributed by atoms with Crippen LogP contribution in [0.2, 0.25) is 6.04 Å². The Morgan fingerprint density at radius 1 is 1.25 bits per heavy atom. The van der Waals surface area contributed by atoms with Crippen LogP contribution in [0.5, 0.6) is 5.75 Å². The zero-order valence-corrected chi connectivity index (χ0v) is 15.1. The lowest BCUT2D eigenvalue weighted by molar-refractivity contribution is -0.0499. The Labute approximate surface area is 138 Å². The minimum atomic E-state index is -5.84. The Balaban J connectivity index is 2.46. The van der Waals surface area contributed by atoms with Crippen molar-refractivity contribution in [2.24, 2.45) is 0 Å². The molecule has 11 heteroatoms. The molecule has 0 bridgehead atoms. The van der Waals surface area contributed by atoms with E-state index in [1.54, 1.807) is 0 Å². The highest BCUT2D eigenvalue weighted by Crippen LogP contribution is 2.31. The fourth-order valence-corrected chi connectivity index (χ4v) is 2.44. The first-order chi connectivity index (χ1) is 11.2. The van der Waals surface area contributed by atoms with Crippen molar-refractivity contribution >= 4 is 37.1 Å². The van der Waals surface area contributed by atoms with E-state index in [2.05, 4.69) is 9.17 Å². The quantitative estimate of drug-likeness (QED) is 0.338. The average Bonchev–Trinajstić information content (AvgIpc) is 2.51. The van der Waals surface area contributed by atoms with Crippen LogP contribution in [0.15, 0.2) is 30.6 Å². The van der Waals surface area contributed by atoms with Crippen molar-refractivity contribution in [3.8, 4) is 5.75 Å². The Kier molecular flexibility index (Phi) is 5.13. The Morgan fingerprint density at radius 2 is 1.96 bits per heavy atom. The van der Waals surface area contributed by atoms with Gasteiger partial charge in [-0.15, -0.1) is 0 Å². The van der Waals surface area contributed by atoms with E-state index in [4.69, 9.17) is 4.74 Å². The maximum absolute atomic E-state index is 12.5. The van der Waals surface area contributed by atoms with Gasteiger partial charge in [-0.25, -0.2) is 4.79 Å². The molecular weight excluding hydrogens is 367 g/mol. The second-order valence-corrected chi connectivity index (χ2v) is 7.23. The lowest BCUT2D eigenvalue weighted by Gasteiger charge is -2.11. The Hall–Kier alpha value is -2.14. The molecule has 0 amide bonds.